The van der Waals surface area contributed by atoms with Gasteiger partial charge in [-0.05, 0) is 58.5 Å². The van der Waals surface area contributed by atoms with E-state index in [0.29, 0.717) is 6.04 Å². The van der Waals surface area contributed by atoms with E-state index in [-0.39, 0.29) is 5.54 Å². The highest BCUT2D eigenvalue weighted by molar-refractivity contribution is 5.05. The monoisotopic (exact) mass is 278 g/mol. The van der Waals surface area contributed by atoms with Crippen LogP contribution in [0, 0.1) is 0 Å². The second-order valence-electron chi connectivity index (χ2n) is 6.45. The summed E-state index contributed by atoms with van der Waals surface area (Å²) in [4.78, 5) is 2.68. The second kappa shape index (κ2) is 7.28. The lowest BCUT2D eigenvalue weighted by Crippen LogP contribution is -2.58. The Balaban J connectivity index is 2.08. The third-order valence-electron chi connectivity index (χ3n) is 4.71. The fraction of sp³-hybridized carbons (Fsp3) is 0.765. The number of nitrogens with one attached hydrogen (secondary N) is 1. The number of furan rings is 1. The van der Waals surface area contributed by atoms with E-state index < -0.39 is 0 Å². The van der Waals surface area contributed by atoms with Crippen LogP contribution in [0.1, 0.15) is 52.2 Å². The van der Waals surface area contributed by atoms with Gasteiger partial charge < -0.3 is 9.73 Å². The van der Waals surface area contributed by atoms with Crippen molar-refractivity contribution in [2.75, 3.05) is 19.6 Å². The van der Waals surface area contributed by atoms with Crippen molar-refractivity contribution in [3.63, 3.8) is 0 Å². The van der Waals surface area contributed by atoms with E-state index in [9.17, 15) is 0 Å². The summed E-state index contributed by atoms with van der Waals surface area (Å²) in [5.74, 6) is 1.08. The number of nitrogens with zero attached hydrogens (tertiary/aromatic N) is 1. The summed E-state index contributed by atoms with van der Waals surface area (Å²) >= 11 is 0. The van der Waals surface area contributed by atoms with Crippen LogP contribution < -0.4 is 5.32 Å². The molecule has 1 aliphatic rings. The number of hydrogen-bond donors (Lipinski definition) is 1. The van der Waals surface area contributed by atoms with E-state index in [1.165, 1.54) is 38.8 Å². The molecule has 0 amide bonds. The van der Waals surface area contributed by atoms with E-state index >= 15 is 0 Å². The number of hydrogen-bond acceptors (Lipinski definition) is 3. The van der Waals surface area contributed by atoms with Crippen LogP contribution in [-0.2, 0) is 6.42 Å². The van der Waals surface area contributed by atoms with Crippen molar-refractivity contribution in [2.45, 2.75) is 64.5 Å². The van der Waals surface area contributed by atoms with Gasteiger partial charge in [-0.15, -0.1) is 0 Å². The van der Waals surface area contributed by atoms with Crippen molar-refractivity contribution in [1.82, 2.24) is 10.2 Å². The zero-order chi connectivity index (χ0) is 14.4. The summed E-state index contributed by atoms with van der Waals surface area (Å²) in [6.07, 6.45) is 8.18. The maximum atomic E-state index is 5.56. The molecule has 20 heavy (non-hydrogen) atoms. The lowest BCUT2D eigenvalue weighted by Gasteiger charge is -2.44. The Bertz CT molecular complexity index is 364. The molecule has 1 aromatic heterocycles. The first kappa shape index (κ1) is 15.6. The first-order valence-electron chi connectivity index (χ1n) is 8.15. The molecule has 1 aromatic rings. The average molecular weight is 278 g/mol. The second-order valence-corrected chi connectivity index (χ2v) is 6.45. The Morgan fingerprint density at radius 1 is 1.25 bits per heavy atom. The molecule has 114 valence electrons. The molecule has 2 heterocycles. The summed E-state index contributed by atoms with van der Waals surface area (Å²) in [7, 11) is 0. The van der Waals surface area contributed by atoms with Gasteiger partial charge >= 0.3 is 0 Å². The van der Waals surface area contributed by atoms with Crippen LogP contribution in [0.5, 0.6) is 0 Å². The molecule has 1 aliphatic heterocycles. The predicted molar refractivity (Wildman–Crippen MR) is 84.0 cm³/mol. The van der Waals surface area contributed by atoms with Crippen LogP contribution in [0.3, 0.4) is 0 Å². The molecule has 1 saturated heterocycles. The fourth-order valence-corrected chi connectivity index (χ4v) is 3.32. The summed E-state index contributed by atoms with van der Waals surface area (Å²) in [6, 6.07) is 4.50. The molecular formula is C17H30N2O. The standard InChI is InChI=1S/C17H30N2O/c1-4-18-16(14-15-10-9-13-20-15)17(2,3)19-11-7-5-6-8-12-19/h9-10,13,16,18H,4-8,11-12,14H2,1-3H3. The summed E-state index contributed by atoms with van der Waals surface area (Å²) in [6.45, 7) is 10.4. The van der Waals surface area contributed by atoms with Crippen molar-refractivity contribution in [2.24, 2.45) is 0 Å². The van der Waals surface area contributed by atoms with Gasteiger partial charge in [0, 0.05) is 18.0 Å². The number of likely N-dealkylation sites (N-methyl/N-ethyl adjacent to an activating group) is 1. The molecule has 0 bridgehead atoms. The van der Waals surface area contributed by atoms with Gasteiger partial charge in [0.05, 0.1) is 6.26 Å². The lowest BCUT2D eigenvalue weighted by atomic mass is 9.88. The first-order valence-corrected chi connectivity index (χ1v) is 8.15. The van der Waals surface area contributed by atoms with Gasteiger partial charge in [0.25, 0.3) is 0 Å². The zero-order valence-electron chi connectivity index (χ0n) is 13.3. The van der Waals surface area contributed by atoms with Crippen LogP contribution in [0.2, 0.25) is 0 Å². The van der Waals surface area contributed by atoms with Crippen molar-refractivity contribution < 1.29 is 4.42 Å². The maximum absolute atomic E-state index is 5.56. The molecule has 1 atom stereocenters. The van der Waals surface area contributed by atoms with Crippen molar-refractivity contribution in [1.29, 1.82) is 0 Å². The lowest BCUT2D eigenvalue weighted by molar-refractivity contribution is 0.0820. The molecule has 0 saturated carbocycles. The third-order valence-corrected chi connectivity index (χ3v) is 4.71. The molecule has 2 rings (SSSR count). The maximum Gasteiger partial charge on any atom is 0.105 e. The smallest absolute Gasteiger partial charge is 0.105 e. The Kier molecular flexibility index (Phi) is 5.67. The molecular weight excluding hydrogens is 248 g/mol. The van der Waals surface area contributed by atoms with Gasteiger partial charge in [0.15, 0.2) is 0 Å². The van der Waals surface area contributed by atoms with Gasteiger partial charge in [-0.25, -0.2) is 0 Å². The minimum atomic E-state index is 0.160. The van der Waals surface area contributed by atoms with Crippen molar-refractivity contribution in [3.8, 4) is 0 Å². The zero-order valence-corrected chi connectivity index (χ0v) is 13.3. The molecule has 0 aliphatic carbocycles. The Labute approximate surface area is 123 Å². The molecule has 1 fully saturated rings. The van der Waals surface area contributed by atoms with Gasteiger partial charge in [-0.2, -0.15) is 0 Å². The van der Waals surface area contributed by atoms with E-state index in [4.69, 9.17) is 4.42 Å². The van der Waals surface area contributed by atoms with Gasteiger partial charge in [0.1, 0.15) is 5.76 Å². The van der Waals surface area contributed by atoms with Crippen LogP contribution in [-0.4, -0.2) is 36.1 Å². The fourth-order valence-electron chi connectivity index (χ4n) is 3.32. The number of likely N-dealkylation sites (tertiary alicyclic amines) is 1. The first-order chi connectivity index (χ1) is 9.64. The largest absolute Gasteiger partial charge is 0.469 e. The normalized spacial score (nSPS) is 19.8. The molecule has 0 spiro atoms. The molecule has 3 nitrogen and oxygen atoms in total. The predicted octanol–water partition coefficient (Wildman–Crippen LogP) is 3.45. The molecule has 3 heteroatoms. The molecule has 1 N–H and O–H groups in total. The van der Waals surface area contributed by atoms with Crippen LogP contribution in [0.4, 0.5) is 0 Å². The SMILES string of the molecule is CCNC(Cc1ccco1)C(C)(C)N1CCCCCC1. The third kappa shape index (κ3) is 3.86. The van der Waals surface area contributed by atoms with Crippen LogP contribution in [0.15, 0.2) is 22.8 Å². The van der Waals surface area contributed by atoms with Crippen LogP contribution >= 0.6 is 0 Å². The van der Waals surface area contributed by atoms with Crippen LogP contribution in [0.25, 0.3) is 0 Å². The highest BCUT2D eigenvalue weighted by Crippen LogP contribution is 2.25. The quantitative estimate of drug-likeness (QED) is 0.864. The highest BCUT2D eigenvalue weighted by Gasteiger charge is 2.35. The van der Waals surface area contributed by atoms with E-state index in [0.717, 1.165) is 18.7 Å². The molecule has 0 radical (unpaired) electrons. The Morgan fingerprint density at radius 3 is 2.50 bits per heavy atom. The molecule has 1 unspecified atom stereocenters. The molecule has 0 aromatic carbocycles. The highest BCUT2D eigenvalue weighted by atomic mass is 16.3. The minimum Gasteiger partial charge on any atom is -0.469 e. The Morgan fingerprint density at radius 2 is 1.95 bits per heavy atom. The number of rotatable bonds is 6. The van der Waals surface area contributed by atoms with Crippen molar-refractivity contribution in [3.05, 3.63) is 24.2 Å². The average Bonchev–Trinajstić information content (AvgIpc) is 2.77. The van der Waals surface area contributed by atoms with E-state index in [2.05, 4.69) is 37.1 Å². The van der Waals surface area contributed by atoms with E-state index in [1.54, 1.807) is 6.26 Å². The topological polar surface area (TPSA) is 28.4 Å². The van der Waals surface area contributed by atoms with E-state index in [1.807, 2.05) is 6.07 Å². The summed E-state index contributed by atoms with van der Waals surface area (Å²) < 4.78 is 5.56. The summed E-state index contributed by atoms with van der Waals surface area (Å²) in [5, 5.41) is 3.68. The van der Waals surface area contributed by atoms with Gasteiger partial charge in [0.2, 0.25) is 0 Å². The van der Waals surface area contributed by atoms with Gasteiger partial charge in [-0.1, -0.05) is 19.8 Å². The minimum absolute atomic E-state index is 0.160. The summed E-state index contributed by atoms with van der Waals surface area (Å²) in [5.41, 5.74) is 0.160. The van der Waals surface area contributed by atoms with Crippen molar-refractivity contribution >= 4 is 0 Å². The Hall–Kier alpha value is -0.800. The van der Waals surface area contributed by atoms with Gasteiger partial charge in [-0.3, -0.25) is 4.90 Å².